The van der Waals surface area contributed by atoms with Crippen molar-refractivity contribution in [1.29, 1.82) is 0 Å². The lowest BCUT2D eigenvalue weighted by molar-refractivity contribution is -0.394. The summed E-state index contributed by atoms with van der Waals surface area (Å²) in [5, 5.41) is 32.1. The fourth-order valence-electron chi connectivity index (χ4n) is 2.96. The summed E-state index contributed by atoms with van der Waals surface area (Å²) in [4.78, 5) is 29.0. The summed E-state index contributed by atoms with van der Waals surface area (Å²) in [6, 6.07) is 14.2. The Hall–Kier alpha value is -4.60. The van der Waals surface area contributed by atoms with E-state index < -0.39 is 27.0 Å². The van der Waals surface area contributed by atoms with E-state index in [1.54, 1.807) is 24.3 Å². The molecule has 154 valence electrons. The van der Waals surface area contributed by atoms with E-state index >= 15 is 0 Å². The number of oxazole rings is 1. The molecule has 31 heavy (non-hydrogen) atoms. The first-order chi connectivity index (χ1) is 14.8. The summed E-state index contributed by atoms with van der Waals surface area (Å²) in [6.07, 6.45) is 1.13. The Morgan fingerprint density at radius 2 is 1.77 bits per heavy atom. The highest BCUT2D eigenvalue weighted by molar-refractivity contribution is 5.88. The summed E-state index contributed by atoms with van der Waals surface area (Å²) in [6.45, 7) is 1.97. The molecular formula is C21H14N4O6. The van der Waals surface area contributed by atoms with Crippen LogP contribution in [0.3, 0.4) is 0 Å². The third-order valence-corrected chi connectivity index (χ3v) is 4.52. The van der Waals surface area contributed by atoms with Gasteiger partial charge in [-0.25, -0.2) is 4.98 Å². The maximum atomic E-state index is 11.0. The fourth-order valence-corrected chi connectivity index (χ4v) is 2.96. The van der Waals surface area contributed by atoms with Gasteiger partial charge in [0.05, 0.1) is 21.6 Å². The van der Waals surface area contributed by atoms with Gasteiger partial charge in [-0.1, -0.05) is 6.07 Å². The molecule has 0 saturated carbocycles. The van der Waals surface area contributed by atoms with Gasteiger partial charge in [-0.3, -0.25) is 25.2 Å². The third-order valence-electron chi connectivity index (χ3n) is 4.52. The molecule has 0 amide bonds. The standard InChI is InChI=1S/C21H14N4O6/c1-12-2-7-19-17(8-12)23-21(31-19)13-3-5-15(6-4-13)22-11-14-9-16(24(27)28)10-18(20(14)26)25(29)30/h2-11,26H,1H3. The average Bonchev–Trinajstić information content (AvgIpc) is 3.16. The lowest BCUT2D eigenvalue weighted by Gasteiger charge is -2.01. The number of hydrogen-bond donors (Lipinski definition) is 1. The van der Waals surface area contributed by atoms with Gasteiger partial charge in [0.15, 0.2) is 5.58 Å². The van der Waals surface area contributed by atoms with Crippen LogP contribution in [-0.4, -0.2) is 26.2 Å². The van der Waals surface area contributed by atoms with Gasteiger partial charge in [-0.05, 0) is 48.9 Å². The molecular weight excluding hydrogens is 404 g/mol. The fraction of sp³-hybridized carbons (Fsp3) is 0.0476. The van der Waals surface area contributed by atoms with E-state index in [4.69, 9.17) is 4.42 Å². The number of fused-ring (bicyclic) bond motifs is 1. The Labute approximate surface area is 174 Å². The van der Waals surface area contributed by atoms with Gasteiger partial charge in [0.25, 0.3) is 5.69 Å². The van der Waals surface area contributed by atoms with Crippen LogP contribution in [0.25, 0.3) is 22.6 Å². The number of aromatic nitrogens is 1. The van der Waals surface area contributed by atoms with Crippen LogP contribution < -0.4 is 0 Å². The smallest absolute Gasteiger partial charge is 0.318 e. The number of hydrogen-bond acceptors (Lipinski definition) is 8. The highest BCUT2D eigenvalue weighted by Crippen LogP contribution is 2.34. The number of phenols is 1. The van der Waals surface area contributed by atoms with Gasteiger partial charge < -0.3 is 9.52 Å². The van der Waals surface area contributed by atoms with Crippen molar-refractivity contribution < 1.29 is 19.4 Å². The van der Waals surface area contributed by atoms with Gasteiger partial charge in [0, 0.05) is 23.4 Å². The number of nitro groups is 2. The number of benzene rings is 3. The zero-order chi connectivity index (χ0) is 22.1. The van der Waals surface area contributed by atoms with E-state index in [0.717, 1.165) is 28.9 Å². The second kappa shape index (κ2) is 7.67. The van der Waals surface area contributed by atoms with Crippen LogP contribution >= 0.6 is 0 Å². The Morgan fingerprint density at radius 3 is 2.45 bits per heavy atom. The normalized spacial score (nSPS) is 11.3. The van der Waals surface area contributed by atoms with Crippen molar-refractivity contribution in [3.8, 4) is 17.2 Å². The molecule has 3 aromatic carbocycles. The lowest BCUT2D eigenvalue weighted by Crippen LogP contribution is -1.96. The molecule has 0 radical (unpaired) electrons. The Kier molecular flexibility index (Phi) is 4.88. The Morgan fingerprint density at radius 1 is 1.03 bits per heavy atom. The van der Waals surface area contributed by atoms with Gasteiger partial charge >= 0.3 is 5.69 Å². The molecule has 0 spiro atoms. The quantitative estimate of drug-likeness (QED) is 0.270. The summed E-state index contributed by atoms with van der Waals surface area (Å²) in [5.41, 5.74) is 2.25. The van der Waals surface area contributed by atoms with E-state index in [0.29, 0.717) is 23.2 Å². The molecule has 1 aromatic heterocycles. The Balaban J connectivity index is 1.63. The summed E-state index contributed by atoms with van der Waals surface area (Å²) < 4.78 is 5.75. The van der Waals surface area contributed by atoms with Gasteiger partial charge in [0.2, 0.25) is 11.6 Å². The van der Waals surface area contributed by atoms with Gasteiger partial charge in [0.1, 0.15) is 5.52 Å². The largest absolute Gasteiger partial charge is 0.502 e. The van der Waals surface area contributed by atoms with Crippen LogP contribution in [0.2, 0.25) is 0 Å². The number of nitro benzene ring substituents is 2. The van der Waals surface area contributed by atoms with Crippen molar-refractivity contribution in [2.24, 2.45) is 4.99 Å². The number of nitrogens with zero attached hydrogens (tertiary/aromatic N) is 4. The summed E-state index contributed by atoms with van der Waals surface area (Å²) in [5.74, 6) is -0.249. The van der Waals surface area contributed by atoms with Crippen molar-refractivity contribution in [2.75, 3.05) is 0 Å². The molecule has 0 fully saturated rings. The maximum absolute atomic E-state index is 11.0. The molecule has 10 heteroatoms. The Bertz CT molecular complexity index is 1360. The van der Waals surface area contributed by atoms with Crippen LogP contribution in [0, 0.1) is 27.2 Å². The van der Waals surface area contributed by atoms with Crippen LogP contribution in [0.1, 0.15) is 11.1 Å². The van der Waals surface area contributed by atoms with E-state index in [2.05, 4.69) is 9.98 Å². The molecule has 0 unspecified atom stereocenters. The summed E-state index contributed by atoms with van der Waals surface area (Å²) in [7, 11) is 0. The summed E-state index contributed by atoms with van der Waals surface area (Å²) >= 11 is 0. The van der Waals surface area contributed by atoms with Crippen molar-refractivity contribution in [1.82, 2.24) is 4.98 Å². The minimum Gasteiger partial charge on any atom is -0.502 e. The van der Waals surface area contributed by atoms with Gasteiger partial charge in [-0.2, -0.15) is 0 Å². The molecule has 4 rings (SSSR count). The van der Waals surface area contributed by atoms with Crippen LogP contribution in [0.15, 0.2) is 64.0 Å². The highest BCUT2D eigenvalue weighted by atomic mass is 16.6. The molecule has 0 aliphatic heterocycles. The molecule has 1 N–H and O–H groups in total. The zero-order valence-corrected chi connectivity index (χ0v) is 16.1. The molecule has 1 heterocycles. The number of aliphatic imine (C=N–C) groups is 1. The molecule has 10 nitrogen and oxygen atoms in total. The second-order valence-corrected chi connectivity index (χ2v) is 6.71. The lowest BCUT2D eigenvalue weighted by atomic mass is 10.1. The first kappa shape index (κ1) is 19.7. The third kappa shape index (κ3) is 3.94. The SMILES string of the molecule is Cc1ccc2oc(-c3ccc(N=Cc4cc([N+](=O)[O-])cc([N+](=O)[O-])c4O)cc3)nc2c1. The number of non-ortho nitro benzene ring substituents is 1. The van der Waals surface area contributed by atoms with Crippen molar-refractivity contribution in [3.05, 3.63) is 86.0 Å². The van der Waals surface area contributed by atoms with Crippen LogP contribution in [0.4, 0.5) is 17.1 Å². The number of aryl methyl sites for hydroxylation is 1. The molecule has 4 aromatic rings. The first-order valence-electron chi connectivity index (χ1n) is 8.99. The van der Waals surface area contributed by atoms with Crippen molar-refractivity contribution in [2.45, 2.75) is 6.92 Å². The molecule has 0 aliphatic carbocycles. The van der Waals surface area contributed by atoms with E-state index in [1.165, 1.54) is 0 Å². The van der Waals surface area contributed by atoms with E-state index in [-0.39, 0.29) is 5.56 Å². The van der Waals surface area contributed by atoms with Crippen molar-refractivity contribution >= 4 is 34.4 Å². The van der Waals surface area contributed by atoms with Crippen LogP contribution in [-0.2, 0) is 0 Å². The molecule has 0 bridgehead atoms. The highest BCUT2D eigenvalue weighted by Gasteiger charge is 2.23. The van der Waals surface area contributed by atoms with E-state index in [9.17, 15) is 25.3 Å². The molecule has 0 atom stereocenters. The van der Waals surface area contributed by atoms with Crippen molar-refractivity contribution in [3.63, 3.8) is 0 Å². The predicted molar refractivity (Wildman–Crippen MR) is 113 cm³/mol. The predicted octanol–water partition coefficient (Wildman–Crippen LogP) is 5.08. The molecule has 0 saturated heterocycles. The number of phenolic OH excluding ortho intramolecular Hbond substituents is 1. The first-order valence-corrected chi connectivity index (χ1v) is 8.99. The minimum atomic E-state index is -0.893. The maximum Gasteiger partial charge on any atom is 0.318 e. The zero-order valence-electron chi connectivity index (χ0n) is 16.1. The topological polar surface area (TPSA) is 145 Å². The monoisotopic (exact) mass is 418 g/mol. The van der Waals surface area contributed by atoms with Crippen LogP contribution in [0.5, 0.6) is 5.75 Å². The second-order valence-electron chi connectivity index (χ2n) is 6.71. The van der Waals surface area contributed by atoms with Gasteiger partial charge in [-0.15, -0.1) is 0 Å². The van der Waals surface area contributed by atoms with E-state index in [1.807, 2.05) is 25.1 Å². The number of rotatable bonds is 5. The average molecular weight is 418 g/mol. The number of aromatic hydroxyl groups is 1. The minimum absolute atomic E-state index is 0.140. The molecule has 0 aliphatic rings.